The van der Waals surface area contributed by atoms with Crippen molar-refractivity contribution < 1.29 is 0 Å². The minimum Gasteiger partial charge on any atom is -0.328 e. The van der Waals surface area contributed by atoms with Crippen LogP contribution in [-0.4, -0.2) is 6.04 Å². The van der Waals surface area contributed by atoms with Gasteiger partial charge < -0.3 is 5.73 Å². The van der Waals surface area contributed by atoms with E-state index in [2.05, 4.69) is 66.2 Å². The third-order valence-corrected chi connectivity index (χ3v) is 5.24. The molecule has 0 saturated carbocycles. The van der Waals surface area contributed by atoms with E-state index >= 15 is 0 Å². The zero-order valence-electron chi connectivity index (χ0n) is 12.1. The monoisotopic (exact) mass is 349 g/mol. The summed E-state index contributed by atoms with van der Waals surface area (Å²) >= 11 is 5.45. The number of hydrogen-bond donors (Lipinski definition) is 1. The molecule has 1 atom stereocenters. The lowest BCUT2D eigenvalue weighted by atomic mass is 10.1. The second-order valence-electron chi connectivity index (χ2n) is 5.29. The molecule has 106 valence electrons. The van der Waals surface area contributed by atoms with Crippen LogP contribution in [0.1, 0.15) is 23.6 Å². The van der Waals surface area contributed by atoms with Crippen molar-refractivity contribution in [1.29, 1.82) is 0 Å². The number of rotatable bonds is 4. The van der Waals surface area contributed by atoms with E-state index in [0.29, 0.717) is 0 Å². The average molecular weight is 350 g/mol. The Labute approximate surface area is 134 Å². The van der Waals surface area contributed by atoms with Gasteiger partial charge in [0.2, 0.25) is 0 Å². The van der Waals surface area contributed by atoms with E-state index < -0.39 is 0 Å². The van der Waals surface area contributed by atoms with E-state index in [0.717, 1.165) is 10.9 Å². The van der Waals surface area contributed by atoms with Crippen LogP contribution in [0.3, 0.4) is 0 Å². The van der Waals surface area contributed by atoms with Gasteiger partial charge in [0.15, 0.2) is 0 Å². The number of aryl methyl sites for hydroxylation is 2. The average Bonchev–Trinajstić information content (AvgIpc) is 2.36. The maximum absolute atomic E-state index is 5.85. The van der Waals surface area contributed by atoms with Gasteiger partial charge in [0.25, 0.3) is 0 Å². The summed E-state index contributed by atoms with van der Waals surface area (Å²) in [7, 11) is 0. The van der Waals surface area contributed by atoms with Crippen molar-refractivity contribution in [3.8, 4) is 0 Å². The molecule has 0 heterocycles. The molecule has 20 heavy (non-hydrogen) atoms. The van der Waals surface area contributed by atoms with E-state index in [1.807, 2.05) is 6.92 Å². The molecule has 0 amide bonds. The van der Waals surface area contributed by atoms with Crippen LogP contribution >= 0.6 is 27.7 Å². The summed E-state index contributed by atoms with van der Waals surface area (Å²) in [5.41, 5.74) is 9.79. The summed E-state index contributed by atoms with van der Waals surface area (Å²) in [6.07, 6.45) is 0.910. The second kappa shape index (κ2) is 6.79. The van der Waals surface area contributed by atoms with Gasteiger partial charge in [0, 0.05) is 20.3 Å². The minimum atomic E-state index is 0.195. The molecule has 0 aromatic heterocycles. The predicted octanol–water partition coefficient (Wildman–Crippen LogP) is 5.11. The molecule has 1 unspecified atom stereocenters. The first-order valence-corrected chi connectivity index (χ1v) is 8.36. The fourth-order valence-electron chi connectivity index (χ4n) is 2.03. The quantitative estimate of drug-likeness (QED) is 0.830. The van der Waals surface area contributed by atoms with E-state index in [1.165, 1.54) is 26.5 Å². The maximum atomic E-state index is 5.85. The van der Waals surface area contributed by atoms with Gasteiger partial charge in [-0.3, -0.25) is 0 Å². The Kier molecular flexibility index (Phi) is 5.30. The highest BCUT2D eigenvalue weighted by Gasteiger charge is 2.06. The first kappa shape index (κ1) is 15.6. The summed E-state index contributed by atoms with van der Waals surface area (Å²) in [5.74, 6) is 0. The zero-order valence-corrected chi connectivity index (χ0v) is 14.5. The summed E-state index contributed by atoms with van der Waals surface area (Å²) in [5, 5.41) is 0. The van der Waals surface area contributed by atoms with Crippen molar-refractivity contribution in [3.05, 3.63) is 57.6 Å². The van der Waals surface area contributed by atoms with Gasteiger partial charge in [-0.15, -0.1) is 0 Å². The molecule has 0 aliphatic carbocycles. The standard InChI is InChI=1S/C17H20BrNS/c1-11-4-6-15(8-12(11)2)20-17-7-5-14(9-13(3)19)10-16(17)18/h4-8,10,13H,9,19H2,1-3H3. The van der Waals surface area contributed by atoms with Crippen molar-refractivity contribution in [1.82, 2.24) is 0 Å². The largest absolute Gasteiger partial charge is 0.328 e. The lowest BCUT2D eigenvalue weighted by Gasteiger charge is -2.10. The van der Waals surface area contributed by atoms with E-state index in [4.69, 9.17) is 5.73 Å². The fourth-order valence-corrected chi connectivity index (χ4v) is 3.62. The lowest BCUT2D eigenvalue weighted by Crippen LogP contribution is -2.17. The van der Waals surface area contributed by atoms with Crippen molar-refractivity contribution in [2.24, 2.45) is 5.73 Å². The van der Waals surface area contributed by atoms with Gasteiger partial charge in [-0.2, -0.15) is 0 Å². The maximum Gasteiger partial charge on any atom is 0.0317 e. The van der Waals surface area contributed by atoms with Gasteiger partial charge in [-0.05, 0) is 84.1 Å². The number of halogens is 1. The molecule has 0 aliphatic heterocycles. The van der Waals surface area contributed by atoms with Crippen LogP contribution in [0.4, 0.5) is 0 Å². The summed E-state index contributed by atoms with van der Waals surface area (Å²) < 4.78 is 1.14. The van der Waals surface area contributed by atoms with Crippen molar-refractivity contribution in [2.75, 3.05) is 0 Å². The zero-order chi connectivity index (χ0) is 14.7. The highest BCUT2D eigenvalue weighted by Crippen LogP contribution is 2.34. The van der Waals surface area contributed by atoms with Gasteiger partial charge in [0.05, 0.1) is 0 Å². The van der Waals surface area contributed by atoms with Gasteiger partial charge in [-0.1, -0.05) is 23.9 Å². The normalized spacial score (nSPS) is 12.4. The molecule has 0 radical (unpaired) electrons. The highest BCUT2D eigenvalue weighted by atomic mass is 79.9. The Morgan fingerprint density at radius 2 is 1.85 bits per heavy atom. The van der Waals surface area contributed by atoms with Crippen LogP contribution in [0.25, 0.3) is 0 Å². The van der Waals surface area contributed by atoms with Crippen LogP contribution in [0.5, 0.6) is 0 Å². The van der Waals surface area contributed by atoms with Crippen molar-refractivity contribution in [3.63, 3.8) is 0 Å². The number of hydrogen-bond acceptors (Lipinski definition) is 2. The van der Waals surface area contributed by atoms with Crippen LogP contribution in [0.15, 0.2) is 50.7 Å². The first-order chi connectivity index (χ1) is 9.45. The Hall–Kier alpha value is -0.770. The van der Waals surface area contributed by atoms with E-state index in [9.17, 15) is 0 Å². The molecule has 2 aromatic carbocycles. The van der Waals surface area contributed by atoms with Crippen LogP contribution in [0.2, 0.25) is 0 Å². The Balaban J connectivity index is 2.19. The summed E-state index contributed by atoms with van der Waals surface area (Å²) in [4.78, 5) is 2.51. The number of nitrogens with two attached hydrogens (primary N) is 1. The molecule has 3 heteroatoms. The molecule has 0 saturated heterocycles. The fraction of sp³-hybridized carbons (Fsp3) is 0.294. The molecule has 0 spiro atoms. The predicted molar refractivity (Wildman–Crippen MR) is 91.5 cm³/mol. The van der Waals surface area contributed by atoms with Crippen LogP contribution < -0.4 is 5.73 Å². The molecule has 2 rings (SSSR count). The third kappa shape index (κ3) is 4.11. The molecule has 0 aliphatic rings. The Bertz CT molecular complexity index is 608. The molecule has 0 fully saturated rings. The van der Waals surface area contributed by atoms with E-state index in [-0.39, 0.29) is 6.04 Å². The second-order valence-corrected chi connectivity index (χ2v) is 7.26. The minimum absolute atomic E-state index is 0.195. The molecule has 2 N–H and O–H groups in total. The molecule has 1 nitrogen and oxygen atoms in total. The van der Waals surface area contributed by atoms with Crippen molar-refractivity contribution in [2.45, 2.75) is 43.0 Å². The first-order valence-electron chi connectivity index (χ1n) is 6.75. The highest BCUT2D eigenvalue weighted by molar-refractivity contribution is 9.10. The van der Waals surface area contributed by atoms with E-state index in [1.54, 1.807) is 11.8 Å². The molecular weight excluding hydrogens is 330 g/mol. The van der Waals surface area contributed by atoms with Gasteiger partial charge in [-0.25, -0.2) is 0 Å². The summed E-state index contributed by atoms with van der Waals surface area (Å²) in [6, 6.07) is 13.3. The summed E-state index contributed by atoms with van der Waals surface area (Å²) in [6.45, 7) is 6.33. The number of benzene rings is 2. The van der Waals surface area contributed by atoms with Crippen molar-refractivity contribution >= 4 is 27.7 Å². The van der Waals surface area contributed by atoms with Crippen LogP contribution in [-0.2, 0) is 6.42 Å². The lowest BCUT2D eigenvalue weighted by molar-refractivity contribution is 0.737. The smallest absolute Gasteiger partial charge is 0.0317 e. The van der Waals surface area contributed by atoms with Crippen LogP contribution in [0, 0.1) is 13.8 Å². The molecule has 2 aromatic rings. The van der Waals surface area contributed by atoms with Gasteiger partial charge >= 0.3 is 0 Å². The Morgan fingerprint density at radius 1 is 1.10 bits per heavy atom. The molecule has 0 bridgehead atoms. The third-order valence-electron chi connectivity index (χ3n) is 3.26. The van der Waals surface area contributed by atoms with Gasteiger partial charge in [0.1, 0.15) is 0 Å². The molecular formula is C17H20BrNS. The topological polar surface area (TPSA) is 26.0 Å². The SMILES string of the molecule is Cc1ccc(Sc2ccc(CC(C)N)cc2Br)cc1C. The Morgan fingerprint density at radius 3 is 2.45 bits per heavy atom.